The third-order valence-electron chi connectivity index (χ3n) is 3.83. The summed E-state index contributed by atoms with van der Waals surface area (Å²) in [5, 5.41) is 13.5. The van der Waals surface area contributed by atoms with Crippen LogP contribution in [0.1, 0.15) is 10.4 Å². The number of hydrogen-bond donors (Lipinski definition) is 2. The molecule has 2 aromatic rings. The molecule has 0 bridgehead atoms. The molecule has 1 aliphatic heterocycles. The SMILES string of the molecule is NC(=O)c1ccc(NC(=O)CN2CC(=O)Oc3cc([N+](=O)[O-])ccc32)cc1. The van der Waals surface area contributed by atoms with Gasteiger partial charge in [-0.25, -0.2) is 4.79 Å². The quantitative estimate of drug-likeness (QED) is 0.346. The van der Waals surface area contributed by atoms with Crippen LogP contribution in [-0.2, 0) is 9.59 Å². The zero-order valence-electron chi connectivity index (χ0n) is 13.9. The molecule has 0 aromatic heterocycles. The van der Waals surface area contributed by atoms with E-state index in [-0.39, 0.29) is 24.5 Å². The predicted octanol–water partition coefficient (Wildman–Crippen LogP) is 1.06. The number of nitro groups is 1. The molecule has 10 heteroatoms. The van der Waals surface area contributed by atoms with Gasteiger partial charge in [-0.2, -0.15) is 0 Å². The highest BCUT2D eigenvalue weighted by molar-refractivity contribution is 5.97. The highest BCUT2D eigenvalue weighted by Gasteiger charge is 2.27. The van der Waals surface area contributed by atoms with Crippen LogP contribution in [0, 0.1) is 10.1 Å². The molecule has 0 radical (unpaired) electrons. The third kappa shape index (κ3) is 4.00. The number of nitro benzene ring substituents is 1. The van der Waals surface area contributed by atoms with Crippen LogP contribution >= 0.6 is 0 Å². The topological polar surface area (TPSA) is 145 Å². The van der Waals surface area contributed by atoms with Crippen molar-refractivity contribution in [2.45, 2.75) is 0 Å². The molecule has 1 aliphatic rings. The minimum atomic E-state index is -0.624. The highest BCUT2D eigenvalue weighted by Crippen LogP contribution is 2.35. The Morgan fingerprint density at radius 1 is 1.22 bits per heavy atom. The number of nitrogens with one attached hydrogen (secondary N) is 1. The normalized spacial score (nSPS) is 12.7. The number of carbonyl (C=O) groups excluding carboxylic acids is 3. The van der Waals surface area contributed by atoms with Gasteiger partial charge in [-0.3, -0.25) is 19.7 Å². The molecule has 10 nitrogen and oxygen atoms in total. The monoisotopic (exact) mass is 370 g/mol. The molecule has 0 aliphatic carbocycles. The number of amides is 2. The van der Waals surface area contributed by atoms with Crippen LogP contribution in [0.25, 0.3) is 0 Å². The van der Waals surface area contributed by atoms with E-state index in [9.17, 15) is 24.5 Å². The van der Waals surface area contributed by atoms with E-state index in [0.717, 1.165) is 6.07 Å². The van der Waals surface area contributed by atoms with Crippen LogP contribution in [0.2, 0.25) is 0 Å². The van der Waals surface area contributed by atoms with Crippen LogP contribution in [0.4, 0.5) is 17.1 Å². The molecule has 2 aromatic carbocycles. The van der Waals surface area contributed by atoms with Crippen LogP contribution in [0.5, 0.6) is 5.75 Å². The summed E-state index contributed by atoms with van der Waals surface area (Å²) in [6.07, 6.45) is 0. The van der Waals surface area contributed by atoms with Crippen molar-refractivity contribution in [3.63, 3.8) is 0 Å². The van der Waals surface area contributed by atoms with E-state index in [1.807, 2.05) is 0 Å². The zero-order chi connectivity index (χ0) is 19.6. The standard InChI is InChI=1S/C17H14N4O6/c18-17(24)10-1-3-11(4-2-10)19-15(22)8-20-9-16(23)27-14-7-12(21(25)26)5-6-13(14)20/h1-7H,8-9H2,(H2,18,24)(H,19,22). The second-order valence-corrected chi connectivity index (χ2v) is 5.73. The number of hydrogen-bond acceptors (Lipinski definition) is 7. The Morgan fingerprint density at radius 3 is 2.56 bits per heavy atom. The summed E-state index contributed by atoms with van der Waals surface area (Å²) in [4.78, 5) is 46.8. The van der Waals surface area contributed by atoms with Crippen molar-refractivity contribution >= 4 is 34.8 Å². The lowest BCUT2D eigenvalue weighted by Gasteiger charge is -2.28. The number of nitrogens with two attached hydrogens (primary N) is 1. The molecule has 0 unspecified atom stereocenters. The first-order chi connectivity index (χ1) is 12.8. The second-order valence-electron chi connectivity index (χ2n) is 5.73. The number of benzene rings is 2. The summed E-state index contributed by atoms with van der Waals surface area (Å²) in [5.41, 5.74) is 6.10. The maximum Gasteiger partial charge on any atom is 0.331 e. The van der Waals surface area contributed by atoms with Gasteiger partial charge < -0.3 is 20.7 Å². The molecule has 0 saturated heterocycles. The Kier molecular flexibility index (Phi) is 4.71. The number of fused-ring (bicyclic) bond motifs is 1. The fourth-order valence-corrected chi connectivity index (χ4v) is 2.59. The van der Waals surface area contributed by atoms with Crippen molar-refractivity contribution in [2.24, 2.45) is 5.73 Å². The van der Waals surface area contributed by atoms with Gasteiger partial charge in [-0.15, -0.1) is 0 Å². The van der Waals surface area contributed by atoms with Crippen LogP contribution in [0.3, 0.4) is 0 Å². The van der Waals surface area contributed by atoms with E-state index in [1.54, 1.807) is 0 Å². The molecule has 3 rings (SSSR count). The number of non-ortho nitro benzene ring substituents is 1. The number of rotatable bonds is 5. The van der Waals surface area contributed by atoms with Crippen LogP contribution in [0.15, 0.2) is 42.5 Å². The van der Waals surface area contributed by atoms with Crippen molar-refractivity contribution in [1.82, 2.24) is 0 Å². The maximum atomic E-state index is 12.3. The van der Waals surface area contributed by atoms with E-state index in [4.69, 9.17) is 10.5 Å². The smallest absolute Gasteiger partial charge is 0.331 e. The van der Waals surface area contributed by atoms with Gasteiger partial charge >= 0.3 is 5.97 Å². The molecular weight excluding hydrogens is 356 g/mol. The fourth-order valence-electron chi connectivity index (χ4n) is 2.59. The number of ether oxygens (including phenoxy) is 1. The predicted molar refractivity (Wildman–Crippen MR) is 94.5 cm³/mol. The van der Waals surface area contributed by atoms with Crippen molar-refractivity contribution in [3.05, 3.63) is 58.1 Å². The minimum Gasteiger partial charge on any atom is -0.423 e. The van der Waals surface area contributed by atoms with Crippen LogP contribution < -0.4 is 20.7 Å². The summed E-state index contributed by atoms with van der Waals surface area (Å²) in [6, 6.07) is 9.84. The Hall–Kier alpha value is -3.95. The number of primary amides is 1. The zero-order valence-corrected chi connectivity index (χ0v) is 13.9. The molecule has 2 amide bonds. The molecule has 0 fully saturated rings. The Morgan fingerprint density at radius 2 is 1.93 bits per heavy atom. The summed E-state index contributed by atoms with van der Waals surface area (Å²) in [6.45, 7) is -0.337. The number of esters is 1. The van der Waals surface area contributed by atoms with Gasteiger partial charge in [0.15, 0.2) is 5.75 Å². The second kappa shape index (κ2) is 7.12. The number of anilines is 2. The van der Waals surface area contributed by atoms with Crippen molar-refractivity contribution in [3.8, 4) is 5.75 Å². The lowest BCUT2D eigenvalue weighted by molar-refractivity contribution is -0.384. The van der Waals surface area contributed by atoms with Crippen molar-refractivity contribution in [1.29, 1.82) is 0 Å². The average molecular weight is 370 g/mol. The van der Waals surface area contributed by atoms with Gasteiger partial charge in [0, 0.05) is 17.3 Å². The summed E-state index contributed by atoms with van der Waals surface area (Å²) in [7, 11) is 0. The first-order valence-electron chi connectivity index (χ1n) is 7.77. The van der Waals surface area contributed by atoms with E-state index in [0.29, 0.717) is 16.9 Å². The molecule has 3 N–H and O–H groups in total. The van der Waals surface area contributed by atoms with E-state index in [1.165, 1.54) is 41.3 Å². The molecular formula is C17H14N4O6. The highest BCUT2D eigenvalue weighted by atomic mass is 16.6. The molecule has 138 valence electrons. The van der Waals surface area contributed by atoms with Crippen LogP contribution in [-0.4, -0.2) is 35.8 Å². The van der Waals surface area contributed by atoms with E-state index in [2.05, 4.69) is 5.32 Å². The molecule has 1 heterocycles. The molecule has 0 spiro atoms. The lowest BCUT2D eigenvalue weighted by Crippen LogP contribution is -2.41. The molecule has 0 saturated carbocycles. The molecule has 27 heavy (non-hydrogen) atoms. The Balaban J connectivity index is 1.73. The summed E-state index contributed by atoms with van der Waals surface area (Å²) in [5.74, 6) is -1.59. The average Bonchev–Trinajstić information content (AvgIpc) is 2.61. The summed E-state index contributed by atoms with van der Waals surface area (Å²) >= 11 is 0. The third-order valence-corrected chi connectivity index (χ3v) is 3.83. The Bertz CT molecular complexity index is 941. The van der Waals surface area contributed by atoms with Gasteiger partial charge in [0.25, 0.3) is 5.69 Å². The maximum absolute atomic E-state index is 12.3. The largest absolute Gasteiger partial charge is 0.423 e. The number of nitrogens with zero attached hydrogens (tertiary/aromatic N) is 2. The van der Waals surface area contributed by atoms with E-state index < -0.39 is 22.7 Å². The lowest BCUT2D eigenvalue weighted by atomic mass is 10.2. The van der Waals surface area contributed by atoms with Gasteiger partial charge in [-0.05, 0) is 30.3 Å². The van der Waals surface area contributed by atoms with Crippen molar-refractivity contribution in [2.75, 3.05) is 23.3 Å². The van der Waals surface area contributed by atoms with Gasteiger partial charge in [0.05, 0.1) is 23.2 Å². The van der Waals surface area contributed by atoms with Gasteiger partial charge in [0.1, 0.15) is 6.54 Å². The Labute approximate surface area is 152 Å². The van der Waals surface area contributed by atoms with Gasteiger partial charge in [-0.1, -0.05) is 0 Å². The first kappa shape index (κ1) is 17.9. The minimum absolute atomic E-state index is 0.0269. The van der Waals surface area contributed by atoms with Gasteiger partial charge in [0.2, 0.25) is 11.8 Å². The number of carbonyl (C=O) groups is 3. The van der Waals surface area contributed by atoms with E-state index >= 15 is 0 Å². The fraction of sp³-hybridized carbons (Fsp3) is 0.118. The molecule has 0 atom stereocenters. The van der Waals surface area contributed by atoms with Crippen molar-refractivity contribution < 1.29 is 24.0 Å². The summed E-state index contributed by atoms with van der Waals surface area (Å²) < 4.78 is 5.03. The first-order valence-corrected chi connectivity index (χ1v) is 7.77.